The highest BCUT2D eigenvalue weighted by Gasteiger charge is 2.13. The van der Waals surface area contributed by atoms with Crippen LogP contribution in [0.3, 0.4) is 0 Å². The van der Waals surface area contributed by atoms with Crippen LogP contribution in [0.15, 0.2) is 0 Å². The number of hydrogen-bond donors (Lipinski definition) is 4. The van der Waals surface area contributed by atoms with Crippen molar-refractivity contribution in [2.45, 2.75) is 38.4 Å². The van der Waals surface area contributed by atoms with Gasteiger partial charge in [-0.05, 0) is 13.8 Å². The fraction of sp³-hybridized carbons (Fsp3) is 1.00. The van der Waals surface area contributed by atoms with Crippen LogP contribution in [0.25, 0.3) is 0 Å². The van der Waals surface area contributed by atoms with Crippen molar-refractivity contribution in [2.75, 3.05) is 0 Å². The smallest absolute Gasteiger partial charge is 0.396 e. The van der Waals surface area contributed by atoms with Gasteiger partial charge in [-0.25, -0.2) is 0 Å². The first kappa shape index (κ1) is 12.8. The minimum Gasteiger partial charge on any atom is -0.396 e. The van der Waals surface area contributed by atoms with Crippen LogP contribution < -0.4 is 22.9 Å². The minimum absolute atomic E-state index is 0.272. The third kappa shape index (κ3) is 5.97. The van der Waals surface area contributed by atoms with Crippen molar-refractivity contribution in [3.63, 3.8) is 0 Å². The summed E-state index contributed by atoms with van der Waals surface area (Å²) < 4.78 is 9.79. The van der Waals surface area contributed by atoms with E-state index in [9.17, 15) is 0 Å². The van der Waals surface area contributed by atoms with E-state index in [2.05, 4.69) is 0 Å². The summed E-state index contributed by atoms with van der Waals surface area (Å²) in [5, 5.41) is 0. The van der Waals surface area contributed by atoms with E-state index in [1.807, 2.05) is 0 Å². The van der Waals surface area contributed by atoms with Crippen molar-refractivity contribution < 1.29 is 9.31 Å². The molecule has 0 aliphatic carbocycles. The molecular weight excluding hydrogens is 171 g/mol. The van der Waals surface area contributed by atoms with Crippen LogP contribution in [0.2, 0.25) is 0 Å². The van der Waals surface area contributed by atoms with Crippen LogP contribution in [0.4, 0.5) is 0 Å². The zero-order valence-electron chi connectivity index (χ0n) is 8.01. The molecule has 0 aromatic carbocycles. The Morgan fingerprint density at radius 3 is 1.38 bits per heavy atom. The first-order chi connectivity index (χ1) is 5.95. The number of hydrogen-bond acceptors (Lipinski definition) is 6. The highest BCUT2D eigenvalue weighted by molar-refractivity contribution is 6.18. The Hall–Kier alpha value is -0.175. The van der Waals surface area contributed by atoms with Gasteiger partial charge in [-0.1, -0.05) is 0 Å². The van der Waals surface area contributed by atoms with Crippen LogP contribution in [0.1, 0.15) is 13.8 Å². The molecule has 7 heteroatoms. The van der Waals surface area contributed by atoms with E-state index in [0.29, 0.717) is 0 Å². The molecule has 0 spiro atoms. The lowest BCUT2D eigenvalue weighted by molar-refractivity contribution is 0.104. The Labute approximate surface area is 79.2 Å². The quantitative estimate of drug-likeness (QED) is 0.278. The molecule has 0 saturated heterocycles. The fourth-order valence-corrected chi connectivity index (χ4v) is 0.408. The van der Waals surface area contributed by atoms with Crippen LogP contribution in [0.5, 0.6) is 0 Å². The molecule has 0 aliphatic heterocycles. The summed E-state index contributed by atoms with van der Waals surface area (Å²) in [5.41, 5.74) is 21.8. The van der Waals surface area contributed by atoms with Gasteiger partial charge in [-0.2, -0.15) is 0 Å². The predicted octanol–water partition coefficient (Wildman–Crippen LogP) is -2.18. The van der Waals surface area contributed by atoms with Crippen molar-refractivity contribution in [1.29, 1.82) is 0 Å². The first-order valence-corrected chi connectivity index (χ1v) is 4.10. The van der Waals surface area contributed by atoms with Gasteiger partial charge in [-0.15, -0.1) is 0 Å². The fourth-order valence-electron chi connectivity index (χ4n) is 0.408. The molecule has 0 saturated carbocycles. The van der Waals surface area contributed by atoms with E-state index in [1.54, 1.807) is 13.8 Å². The Morgan fingerprint density at radius 1 is 0.846 bits per heavy atom. The molecule has 8 N–H and O–H groups in total. The van der Waals surface area contributed by atoms with Gasteiger partial charge in [0.25, 0.3) is 0 Å². The maximum Gasteiger partial charge on any atom is 0.490 e. The van der Waals surface area contributed by atoms with E-state index in [0.717, 1.165) is 7.69 Å². The summed E-state index contributed by atoms with van der Waals surface area (Å²) in [4.78, 5) is 0. The molecular formula is C6H18BN4O2. The zero-order valence-corrected chi connectivity index (χ0v) is 8.01. The number of rotatable bonds is 6. The van der Waals surface area contributed by atoms with Crippen molar-refractivity contribution in [3.05, 3.63) is 0 Å². The summed E-state index contributed by atoms with van der Waals surface area (Å²) in [6.07, 6.45) is -1.19. The molecule has 77 valence electrons. The van der Waals surface area contributed by atoms with Gasteiger partial charge in [0, 0.05) is 12.1 Å². The molecule has 0 aromatic heterocycles. The van der Waals surface area contributed by atoms with E-state index >= 15 is 0 Å². The normalized spacial score (nSPS) is 20.5. The van der Waals surface area contributed by atoms with Crippen LogP contribution >= 0.6 is 0 Å². The summed E-state index contributed by atoms with van der Waals surface area (Å²) in [7, 11) is 1.07. The third-order valence-electron chi connectivity index (χ3n) is 1.46. The standard InChI is InChI=1S/C6H18BN4O2/c1-3(8)5(10)12-7-13-6(11)4(2)9/h3-6H,8-11H2,1-2H3. The molecule has 0 bridgehead atoms. The maximum absolute atomic E-state index is 5.45. The summed E-state index contributed by atoms with van der Waals surface area (Å²) in [6, 6.07) is -0.544. The first-order valence-electron chi connectivity index (χ1n) is 4.10. The molecule has 4 unspecified atom stereocenters. The van der Waals surface area contributed by atoms with Crippen molar-refractivity contribution in [1.82, 2.24) is 0 Å². The molecule has 0 aromatic rings. The maximum atomic E-state index is 5.45. The summed E-state index contributed by atoms with van der Waals surface area (Å²) in [5.74, 6) is 0. The predicted molar refractivity (Wildman–Crippen MR) is 51.2 cm³/mol. The highest BCUT2D eigenvalue weighted by Crippen LogP contribution is 1.91. The van der Waals surface area contributed by atoms with Gasteiger partial charge < -0.3 is 32.2 Å². The van der Waals surface area contributed by atoms with Crippen molar-refractivity contribution in [3.8, 4) is 0 Å². The molecule has 13 heavy (non-hydrogen) atoms. The second-order valence-corrected chi connectivity index (χ2v) is 3.02. The molecule has 0 rings (SSSR count). The number of nitrogens with two attached hydrogens (primary N) is 4. The molecule has 0 aliphatic rings. The van der Waals surface area contributed by atoms with Crippen LogP contribution in [0, 0.1) is 0 Å². The van der Waals surface area contributed by atoms with Crippen LogP contribution in [-0.2, 0) is 9.31 Å². The Kier molecular flexibility index (Phi) is 6.22. The van der Waals surface area contributed by atoms with Gasteiger partial charge in [0.15, 0.2) is 0 Å². The lowest BCUT2D eigenvalue weighted by Crippen LogP contribution is -2.46. The van der Waals surface area contributed by atoms with E-state index in [-0.39, 0.29) is 12.1 Å². The molecule has 0 fully saturated rings. The van der Waals surface area contributed by atoms with Crippen molar-refractivity contribution >= 4 is 7.69 Å². The lowest BCUT2D eigenvalue weighted by Gasteiger charge is -2.19. The summed E-state index contributed by atoms with van der Waals surface area (Å²) >= 11 is 0. The van der Waals surface area contributed by atoms with Gasteiger partial charge in [0.1, 0.15) is 12.5 Å². The third-order valence-corrected chi connectivity index (χ3v) is 1.46. The highest BCUT2D eigenvalue weighted by atomic mass is 16.6. The van der Waals surface area contributed by atoms with Gasteiger partial charge in [0.05, 0.1) is 0 Å². The topological polar surface area (TPSA) is 123 Å². The Morgan fingerprint density at radius 2 is 1.15 bits per heavy atom. The molecule has 4 atom stereocenters. The van der Waals surface area contributed by atoms with Crippen molar-refractivity contribution in [2.24, 2.45) is 22.9 Å². The van der Waals surface area contributed by atoms with Gasteiger partial charge in [0.2, 0.25) is 0 Å². The van der Waals surface area contributed by atoms with Gasteiger partial charge >= 0.3 is 7.69 Å². The molecule has 0 heterocycles. The van der Waals surface area contributed by atoms with E-state index in [1.165, 1.54) is 0 Å². The monoisotopic (exact) mass is 189 g/mol. The SMILES string of the molecule is CC(N)C(N)O[B]OC(N)C(C)N. The Bertz CT molecular complexity index is 122. The molecule has 1 radical (unpaired) electrons. The molecule has 0 amide bonds. The minimum atomic E-state index is -0.597. The largest absolute Gasteiger partial charge is 0.490 e. The van der Waals surface area contributed by atoms with Gasteiger partial charge in [-0.3, -0.25) is 0 Å². The second kappa shape index (κ2) is 6.30. The lowest BCUT2D eigenvalue weighted by atomic mass is 10.2. The van der Waals surface area contributed by atoms with Crippen LogP contribution in [-0.4, -0.2) is 32.2 Å². The average Bonchev–Trinajstić information content (AvgIpc) is 2.03. The van der Waals surface area contributed by atoms with E-state index < -0.39 is 12.5 Å². The molecule has 6 nitrogen and oxygen atoms in total. The Balaban J connectivity index is 3.45. The van der Waals surface area contributed by atoms with E-state index in [4.69, 9.17) is 32.2 Å². The summed E-state index contributed by atoms with van der Waals surface area (Å²) in [6.45, 7) is 3.45. The average molecular weight is 189 g/mol. The second-order valence-electron chi connectivity index (χ2n) is 3.02. The zero-order chi connectivity index (χ0) is 10.4.